The molecule has 19 heavy (non-hydrogen) atoms. The van der Waals surface area contributed by atoms with Crippen LogP contribution in [0.5, 0.6) is 0 Å². The highest BCUT2D eigenvalue weighted by Gasteiger charge is 2.42. The third-order valence-electron chi connectivity index (χ3n) is 4.42. The Labute approximate surface area is 120 Å². The van der Waals surface area contributed by atoms with Gasteiger partial charge in [-0.2, -0.15) is 11.8 Å². The van der Waals surface area contributed by atoms with Gasteiger partial charge in [-0.15, -0.1) is 0 Å². The fourth-order valence-corrected chi connectivity index (χ4v) is 4.16. The number of amides is 1. The number of carbonyl (C=O) groups excluding carboxylic acids is 1. The fraction of sp³-hybridized carbons (Fsp3) is 0.929. The zero-order valence-electron chi connectivity index (χ0n) is 12.1. The molecular weight excluding hydrogens is 260 g/mol. The van der Waals surface area contributed by atoms with Gasteiger partial charge in [0, 0.05) is 43.9 Å². The van der Waals surface area contributed by atoms with Crippen molar-refractivity contribution in [2.45, 2.75) is 31.9 Å². The van der Waals surface area contributed by atoms with E-state index in [2.05, 4.69) is 18.7 Å². The second-order valence-corrected chi connectivity index (χ2v) is 7.35. The van der Waals surface area contributed by atoms with Gasteiger partial charge >= 0.3 is 0 Å². The smallest absolute Gasteiger partial charge is 0.230 e. The molecule has 0 aromatic carbocycles. The molecule has 2 heterocycles. The van der Waals surface area contributed by atoms with Crippen LogP contribution in [0.25, 0.3) is 0 Å². The summed E-state index contributed by atoms with van der Waals surface area (Å²) in [4.78, 5) is 14.9. The monoisotopic (exact) mass is 286 g/mol. The molecule has 0 aliphatic carbocycles. The standard InChI is InChI=1S/C14H26N2O2S/c1-11(2)12-9-16(5-8-19-12)13(17)14(10-15)3-6-18-7-4-14/h11-12H,3-10,15H2,1-2H3. The number of carbonyl (C=O) groups is 1. The Morgan fingerprint density at radius 2 is 2.16 bits per heavy atom. The predicted octanol–water partition coefficient (Wildman–Crippen LogP) is 1.34. The molecule has 1 atom stereocenters. The lowest BCUT2D eigenvalue weighted by Crippen LogP contribution is -2.54. The van der Waals surface area contributed by atoms with E-state index in [-0.39, 0.29) is 11.3 Å². The molecule has 0 aromatic rings. The van der Waals surface area contributed by atoms with Crippen LogP contribution < -0.4 is 5.73 Å². The third-order valence-corrected chi connectivity index (χ3v) is 5.96. The number of rotatable bonds is 3. The van der Waals surface area contributed by atoms with Gasteiger partial charge in [0.15, 0.2) is 0 Å². The van der Waals surface area contributed by atoms with Crippen LogP contribution in [0.15, 0.2) is 0 Å². The van der Waals surface area contributed by atoms with Gasteiger partial charge in [0.05, 0.1) is 5.41 Å². The van der Waals surface area contributed by atoms with E-state index in [9.17, 15) is 4.79 Å². The third kappa shape index (κ3) is 3.26. The molecule has 4 nitrogen and oxygen atoms in total. The van der Waals surface area contributed by atoms with Crippen LogP contribution in [0.1, 0.15) is 26.7 Å². The number of ether oxygens (including phenoxy) is 1. The molecule has 0 aromatic heterocycles. The first kappa shape index (κ1) is 15.1. The topological polar surface area (TPSA) is 55.6 Å². The lowest BCUT2D eigenvalue weighted by atomic mass is 9.78. The minimum atomic E-state index is -0.359. The number of thioether (sulfide) groups is 1. The minimum Gasteiger partial charge on any atom is -0.381 e. The van der Waals surface area contributed by atoms with Gasteiger partial charge in [-0.1, -0.05) is 13.8 Å². The van der Waals surface area contributed by atoms with Crippen molar-refractivity contribution in [3.63, 3.8) is 0 Å². The van der Waals surface area contributed by atoms with Crippen molar-refractivity contribution in [1.82, 2.24) is 4.90 Å². The highest BCUT2D eigenvalue weighted by Crippen LogP contribution is 2.34. The molecule has 2 N–H and O–H groups in total. The van der Waals surface area contributed by atoms with Crippen molar-refractivity contribution in [1.29, 1.82) is 0 Å². The SMILES string of the molecule is CC(C)C1CN(C(=O)C2(CN)CCOCC2)CCS1. The van der Waals surface area contributed by atoms with Crippen LogP contribution in [0, 0.1) is 11.3 Å². The first-order valence-electron chi connectivity index (χ1n) is 7.28. The van der Waals surface area contributed by atoms with Gasteiger partial charge < -0.3 is 15.4 Å². The van der Waals surface area contributed by atoms with E-state index in [0.717, 1.165) is 31.7 Å². The zero-order chi connectivity index (χ0) is 13.9. The van der Waals surface area contributed by atoms with E-state index in [1.807, 2.05) is 11.8 Å². The van der Waals surface area contributed by atoms with Gasteiger partial charge in [0.25, 0.3) is 0 Å². The quantitative estimate of drug-likeness (QED) is 0.851. The highest BCUT2D eigenvalue weighted by atomic mass is 32.2. The predicted molar refractivity (Wildman–Crippen MR) is 79.2 cm³/mol. The van der Waals surface area contributed by atoms with Crippen molar-refractivity contribution in [3.05, 3.63) is 0 Å². The summed E-state index contributed by atoms with van der Waals surface area (Å²) < 4.78 is 5.39. The molecule has 2 aliphatic heterocycles. The first-order chi connectivity index (χ1) is 9.09. The Balaban J connectivity index is 2.04. The van der Waals surface area contributed by atoms with E-state index in [1.165, 1.54) is 0 Å². The molecule has 5 heteroatoms. The number of hydrogen-bond acceptors (Lipinski definition) is 4. The van der Waals surface area contributed by atoms with E-state index >= 15 is 0 Å². The molecule has 2 fully saturated rings. The van der Waals surface area contributed by atoms with Crippen molar-refractivity contribution in [3.8, 4) is 0 Å². The van der Waals surface area contributed by atoms with Crippen LogP contribution in [0.2, 0.25) is 0 Å². The normalized spacial score (nSPS) is 27.6. The average Bonchev–Trinajstić information content (AvgIpc) is 2.47. The molecule has 0 spiro atoms. The summed E-state index contributed by atoms with van der Waals surface area (Å²) in [6.45, 7) is 8.00. The van der Waals surface area contributed by atoms with Crippen LogP contribution in [-0.4, -0.2) is 54.7 Å². The minimum absolute atomic E-state index is 0.268. The van der Waals surface area contributed by atoms with E-state index < -0.39 is 0 Å². The highest BCUT2D eigenvalue weighted by molar-refractivity contribution is 8.00. The average molecular weight is 286 g/mol. The number of nitrogens with two attached hydrogens (primary N) is 1. The van der Waals surface area contributed by atoms with Crippen molar-refractivity contribution in [2.75, 3.05) is 38.6 Å². The van der Waals surface area contributed by atoms with E-state index in [1.54, 1.807) is 0 Å². The molecule has 2 saturated heterocycles. The summed E-state index contributed by atoms with van der Waals surface area (Å²) in [6.07, 6.45) is 1.55. The lowest BCUT2D eigenvalue weighted by molar-refractivity contribution is -0.147. The summed E-state index contributed by atoms with van der Waals surface area (Å²) in [5.74, 6) is 1.93. The Kier molecular flexibility index (Phi) is 5.15. The summed E-state index contributed by atoms with van der Waals surface area (Å²) >= 11 is 2.00. The van der Waals surface area contributed by atoms with Gasteiger partial charge in [-0.3, -0.25) is 4.79 Å². The maximum Gasteiger partial charge on any atom is 0.230 e. The fourth-order valence-electron chi connectivity index (χ4n) is 2.87. The van der Waals surface area contributed by atoms with Crippen LogP contribution >= 0.6 is 11.8 Å². The number of hydrogen-bond donors (Lipinski definition) is 1. The summed E-state index contributed by atoms with van der Waals surface area (Å²) in [5, 5.41) is 0.562. The number of nitrogens with zero attached hydrogens (tertiary/aromatic N) is 1. The molecular formula is C14H26N2O2S. The zero-order valence-corrected chi connectivity index (χ0v) is 12.9. The van der Waals surface area contributed by atoms with Gasteiger partial charge in [0.2, 0.25) is 5.91 Å². The van der Waals surface area contributed by atoms with Crippen molar-refractivity contribution < 1.29 is 9.53 Å². The van der Waals surface area contributed by atoms with Crippen LogP contribution in [0.3, 0.4) is 0 Å². The maximum atomic E-state index is 12.9. The van der Waals surface area contributed by atoms with E-state index in [0.29, 0.717) is 30.9 Å². The second kappa shape index (κ2) is 6.46. The maximum absolute atomic E-state index is 12.9. The summed E-state index contributed by atoms with van der Waals surface area (Å²) in [6, 6.07) is 0. The van der Waals surface area contributed by atoms with Crippen LogP contribution in [-0.2, 0) is 9.53 Å². The molecule has 0 bridgehead atoms. The Bertz CT molecular complexity index is 317. The van der Waals surface area contributed by atoms with Crippen LogP contribution in [0.4, 0.5) is 0 Å². The Morgan fingerprint density at radius 3 is 2.74 bits per heavy atom. The molecule has 0 saturated carbocycles. The molecule has 1 unspecified atom stereocenters. The molecule has 110 valence electrons. The molecule has 0 radical (unpaired) electrons. The van der Waals surface area contributed by atoms with E-state index in [4.69, 9.17) is 10.5 Å². The van der Waals surface area contributed by atoms with Gasteiger partial charge in [0.1, 0.15) is 0 Å². The molecule has 2 rings (SSSR count). The van der Waals surface area contributed by atoms with Gasteiger partial charge in [-0.25, -0.2) is 0 Å². The molecule has 1 amide bonds. The van der Waals surface area contributed by atoms with Crippen molar-refractivity contribution in [2.24, 2.45) is 17.1 Å². The summed E-state index contributed by atoms with van der Waals surface area (Å²) in [7, 11) is 0. The van der Waals surface area contributed by atoms with Gasteiger partial charge in [-0.05, 0) is 18.8 Å². The van der Waals surface area contributed by atoms with Crippen molar-refractivity contribution >= 4 is 17.7 Å². The molecule has 2 aliphatic rings. The Morgan fingerprint density at radius 1 is 1.47 bits per heavy atom. The Hall–Kier alpha value is -0.260. The first-order valence-corrected chi connectivity index (χ1v) is 8.33. The lowest BCUT2D eigenvalue weighted by Gasteiger charge is -2.42. The second-order valence-electron chi connectivity index (χ2n) is 6.00. The summed E-state index contributed by atoms with van der Waals surface area (Å²) in [5.41, 5.74) is 5.57. The largest absolute Gasteiger partial charge is 0.381 e.